The van der Waals surface area contributed by atoms with Crippen molar-refractivity contribution in [3.63, 3.8) is 0 Å². The fourth-order valence-electron chi connectivity index (χ4n) is 2.50. The molecule has 0 aromatic carbocycles. The first kappa shape index (κ1) is 14.6. The summed E-state index contributed by atoms with van der Waals surface area (Å²) in [6.07, 6.45) is 3.06. The van der Waals surface area contributed by atoms with Crippen molar-refractivity contribution < 1.29 is 4.42 Å². The third-order valence-corrected chi connectivity index (χ3v) is 3.76. The van der Waals surface area contributed by atoms with E-state index in [-0.39, 0.29) is 0 Å². The lowest BCUT2D eigenvalue weighted by atomic mass is 10.2. The molecule has 1 saturated heterocycles. The summed E-state index contributed by atoms with van der Waals surface area (Å²) in [5.74, 6) is 1.10. The van der Waals surface area contributed by atoms with Gasteiger partial charge in [-0.15, -0.1) is 0 Å². The van der Waals surface area contributed by atoms with E-state index in [0.717, 1.165) is 38.5 Å². The van der Waals surface area contributed by atoms with Gasteiger partial charge in [-0.3, -0.25) is 4.90 Å². The van der Waals surface area contributed by atoms with Crippen LogP contribution in [0.5, 0.6) is 0 Å². The second-order valence-electron chi connectivity index (χ2n) is 5.31. The van der Waals surface area contributed by atoms with E-state index in [2.05, 4.69) is 35.0 Å². The molecule has 0 radical (unpaired) electrons. The summed E-state index contributed by atoms with van der Waals surface area (Å²) in [6.45, 7) is 13.2. The molecule has 2 rings (SSSR count). The van der Waals surface area contributed by atoms with Gasteiger partial charge < -0.3 is 14.6 Å². The predicted octanol–water partition coefficient (Wildman–Crippen LogP) is 1.92. The first-order valence-electron chi connectivity index (χ1n) is 7.53. The molecule has 1 aliphatic heterocycles. The van der Waals surface area contributed by atoms with Crippen LogP contribution in [-0.2, 0) is 13.1 Å². The summed E-state index contributed by atoms with van der Waals surface area (Å²) in [5, 5.41) is 3.40. The van der Waals surface area contributed by atoms with Crippen LogP contribution in [0.15, 0.2) is 16.7 Å². The van der Waals surface area contributed by atoms with Gasteiger partial charge in [0.05, 0.1) is 12.8 Å². The molecule has 0 aliphatic carbocycles. The molecule has 1 N–H and O–H groups in total. The number of nitrogens with zero attached hydrogens (tertiary/aromatic N) is 2. The van der Waals surface area contributed by atoms with Gasteiger partial charge in [0, 0.05) is 38.3 Å². The molecule has 1 aliphatic rings. The monoisotopic (exact) mass is 265 g/mol. The van der Waals surface area contributed by atoms with E-state index < -0.39 is 0 Å². The van der Waals surface area contributed by atoms with Gasteiger partial charge in [-0.2, -0.15) is 0 Å². The van der Waals surface area contributed by atoms with Crippen molar-refractivity contribution in [2.45, 2.75) is 33.4 Å². The van der Waals surface area contributed by atoms with Crippen LogP contribution in [-0.4, -0.2) is 49.1 Å². The van der Waals surface area contributed by atoms with Crippen LogP contribution < -0.4 is 5.32 Å². The molecule has 0 unspecified atom stereocenters. The van der Waals surface area contributed by atoms with Crippen molar-refractivity contribution in [1.29, 1.82) is 0 Å². The molecule has 4 nitrogen and oxygen atoms in total. The molecule has 19 heavy (non-hydrogen) atoms. The Morgan fingerprint density at radius 3 is 2.58 bits per heavy atom. The number of piperazine rings is 1. The Labute approximate surface area is 116 Å². The number of hydrogen-bond acceptors (Lipinski definition) is 4. The van der Waals surface area contributed by atoms with Crippen LogP contribution in [0.4, 0.5) is 0 Å². The maximum atomic E-state index is 5.66. The summed E-state index contributed by atoms with van der Waals surface area (Å²) in [7, 11) is 0. The van der Waals surface area contributed by atoms with Crippen LogP contribution in [0.1, 0.15) is 31.6 Å². The number of hydrogen-bond donors (Lipinski definition) is 1. The van der Waals surface area contributed by atoms with E-state index in [0.29, 0.717) is 0 Å². The molecule has 1 aromatic rings. The minimum atomic E-state index is 0.918. The van der Waals surface area contributed by atoms with E-state index >= 15 is 0 Å². The van der Waals surface area contributed by atoms with E-state index in [9.17, 15) is 0 Å². The van der Waals surface area contributed by atoms with E-state index in [1.807, 2.05) is 6.26 Å². The minimum Gasteiger partial charge on any atom is -0.468 e. The van der Waals surface area contributed by atoms with Crippen molar-refractivity contribution in [1.82, 2.24) is 15.1 Å². The fraction of sp³-hybridized carbons (Fsp3) is 0.733. The molecule has 0 bridgehead atoms. The topological polar surface area (TPSA) is 31.7 Å². The van der Waals surface area contributed by atoms with Crippen LogP contribution >= 0.6 is 0 Å². The highest BCUT2D eigenvalue weighted by atomic mass is 16.3. The Morgan fingerprint density at radius 1 is 1.16 bits per heavy atom. The Kier molecular flexibility index (Phi) is 5.89. The zero-order chi connectivity index (χ0) is 13.5. The van der Waals surface area contributed by atoms with Gasteiger partial charge in [0.2, 0.25) is 0 Å². The van der Waals surface area contributed by atoms with Gasteiger partial charge in [0.25, 0.3) is 0 Å². The van der Waals surface area contributed by atoms with E-state index in [1.54, 1.807) is 0 Å². The largest absolute Gasteiger partial charge is 0.468 e. The molecule has 0 amide bonds. The summed E-state index contributed by atoms with van der Waals surface area (Å²) in [6, 6.07) is 2.19. The molecule has 0 atom stereocenters. The number of nitrogens with one attached hydrogen (secondary N) is 1. The quantitative estimate of drug-likeness (QED) is 0.763. The molecule has 108 valence electrons. The average molecular weight is 265 g/mol. The molecule has 0 spiro atoms. The smallest absolute Gasteiger partial charge is 0.118 e. The summed E-state index contributed by atoms with van der Waals surface area (Å²) in [4.78, 5) is 4.98. The van der Waals surface area contributed by atoms with Crippen LogP contribution in [0, 0.1) is 0 Å². The van der Waals surface area contributed by atoms with Gasteiger partial charge in [0.15, 0.2) is 0 Å². The van der Waals surface area contributed by atoms with Gasteiger partial charge >= 0.3 is 0 Å². The van der Waals surface area contributed by atoms with Crippen molar-refractivity contribution in [2.75, 3.05) is 39.3 Å². The zero-order valence-corrected chi connectivity index (χ0v) is 12.3. The molecule has 1 fully saturated rings. The highest BCUT2D eigenvalue weighted by molar-refractivity contribution is 5.12. The first-order valence-corrected chi connectivity index (χ1v) is 7.53. The third-order valence-electron chi connectivity index (χ3n) is 3.76. The van der Waals surface area contributed by atoms with Crippen molar-refractivity contribution >= 4 is 0 Å². The molecular formula is C15H27N3O. The van der Waals surface area contributed by atoms with Crippen LogP contribution in [0.3, 0.4) is 0 Å². The van der Waals surface area contributed by atoms with Crippen LogP contribution in [0.25, 0.3) is 0 Å². The zero-order valence-electron chi connectivity index (χ0n) is 12.3. The average Bonchev–Trinajstić information content (AvgIpc) is 2.88. The summed E-state index contributed by atoms with van der Waals surface area (Å²) >= 11 is 0. The molecule has 4 heteroatoms. The third kappa shape index (κ3) is 4.64. The van der Waals surface area contributed by atoms with Crippen molar-refractivity contribution in [3.05, 3.63) is 23.7 Å². The lowest BCUT2D eigenvalue weighted by molar-refractivity contribution is 0.125. The Balaban J connectivity index is 1.74. The number of furan rings is 1. The fourth-order valence-corrected chi connectivity index (χ4v) is 2.50. The maximum Gasteiger partial charge on any atom is 0.118 e. The van der Waals surface area contributed by atoms with Crippen molar-refractivity contribution in [3.8, 4) is 0 Å². The SMILES string of the molecule is CCCNCc1coc(CN2CCN(CC)CC2)c1. The van der Waals surface area contributed by atoms with Gasteiger partial charge in [0.1, 0.15) is 5.76 Å². The maximum absolute atomic E-state index is 5.66. The van der Waals surface area contributed by atoms with E-state index in [1.165, 1.54) is 31.6 Å². The Morgan fingerprint density at radius 2 is 1.89 bits per heavy atom. The van der Waals surface area contributed by atoms with Crippen LogP contribution in [0.2, 0.25) is 0 Å². The highest BCUT2D eigenvalue weighted by Gasteiger charge is 2.16. The Hall–Kier alpha value is -0.840. The van der Waals surface area contributed by atoms with Gasteiger partial charge in [-0.25, -0.2) is 0 Å². The minimum absolute atomic E-state index is 0.918. The standard InChI is InChI=1S/C15H27N3O/c1-3-5-16-11-14-10-15(19-13-14)12-18-8-6-17(4-2)7-9-18/h10,13,16H,3-9,11-12H2,1-2H3. The first-order chi connectivity index (χ1) is 9.31. The molecule has 2 heterocycles. The van der Waals surface area contributed by atoms with Crippen molar-refractivity contribution in [2.24, 2.45) is 0 Å². The summed E-state index contributed by atoms with van der Waals surface area (Å²) in [5.41, 5.74) is 1.26. The normalized spacial score (nSPS) is 18.0. The summed E-state index contributed by atoms with van der Waals surface area (Å²) < 4.78 is 5.66. The number of rotatable bonds is 7. The molecular weight excluding hydrogens is 238 g/mol. The second kappa shape index (κ2) is 7.68. The Bertz CT molecular complexity index is 356. The van der Waals surface area contributed by atoms with Gasteiger partial charge in [-0.05, 0) is 25.6 Å². The molecule has 0 saturated carbocycles. The second-order valence-corrected chi connectivity index (χ2v) is 5.31. The highest BCUT2D eigenvalue weighted by Crippen LogP contribution is 2.12. The lowest BCUT2D eigenvalue weighted by Crippen LogP contribution is -2.45. The predicted molar refractivity (Wildman–Crippen MR) is 78.1 cm³/mol. The lowest BCUT2D eigenvalue weighted by Gasteiger charge is -2.33. The van der Waals surface area contributed by atoms with E-state index in [4.69, 9.17) is 4.42 Å². The number of likely N-dealkylation sites (N-methyl/N-ethyl adjacent to an activating group) is 1. The van der Waals surface area contributed by atoms with Gasteiger partial charge in [-0.1, -0.05) is 13.8 Å². The molecule has 1 aromatic heterocycles.